The number of aromatic nitrogens is 3. The first-order chi connectivity index (χ1) is 8.75. The lowest BCUT2D eigenvalue weighted by atomic mass is 10.1. The molecule has 6 heteroatoms. The molecule has 0 amide bonds. The molecule has 0 aliphatic rings. The van der Waals surface area contributed by atoms with Gasteiger partial charge in [-0.3, -0.25) is 0 Å². The van der Waals surface area contributed by atoms with E-state index in [1.165, 1.54) is 6.08 Å². The van der Waals surface area contributed by atoms with E-state index < -0.39 is 22.6 Å². The molecule has 0 N–H and O–H groups in total. The molecule has 0 spiro atoms. The maximum absolute atomic E-state index is 12.3. The van der Waals surface area contributed by atoms with Crippen LogP contribution in [0.15, 0.2) is 27.0 Å². The first-order valence-electron chi connectivity index (χ1n) is 6.33. The van der Waals surface area contributed by atoms with Gasteiger partial charge >= 0.3 is 17.1 Å². The summed E-state index contributed by atoms with van der Waals surface area (Å²) in [6, 6.07) is 0. The second-order valence-electron chi connectivity index (χ2n) is 5.40. The summed E-state index contributed by atoms with van der Waals surface area (Å²) in [5.74, 6) is 0. The van der Waals surface area contributed by atoms with Gasteiger partial charge in [-0.1, -0.05) is 13.0 Å². The van der Waals surface area contributed by atoms with Crippen molar-refractivity contribution in [2.75, 3.05) is 0 Å². The summed E-state index contributed by atoms with van der Waals surface area (Å²) in [7, 11) is 0. The van der Waals surface area contributed by atoms with Crippen molar-refractivity contribution in [3.63, 3.8) is 0 Å². The van der Waals surface area contributed by atoms with Gasteiger partial charge in [0.15, 0.2) is 0 Å². The van der Waals surface area contributed by atoms with Crippen LogP contribution in [-0.4, -0.2) is 13.7 Å². The lowest BCUT2D eigenvalue weighted by Crippen LogP contribution is -2.58. The van der Waals surface area contributed by atoms with E-state index in [4.69, 9.17) is 0 Å². The maximum Gasteiger partial charge on any atom is 0.337 e. The summed E-state index contributed by atoms with van der Waals surface area (Å²) in [5, 5.41) is 0. The molecule has 0 aliphatic carbocycles. The lowest BCUT2D eigenvalue weighted by Gasteiger charge is -2.23. The predicted octanol–water partition coefficient (Wildman–Crippen LogP) is 0.523. The van der Waals surface area contributed by atoms with Gasteiger partial charge < -0.3 is 0 Å². The molecule has 106 valence electrons. The average Bonchev–Trinajstić information content (AvgIpc) is 2.28. The molecular formula is C13H21N3O3. The molecule has 0 unspecified atom stereocenters. The third-order valence-corrected chi connectivity index (χ3v) is 2.74. The number of nitrogens with zero attached hydrogens (tertiary/aromatic N) is 3. The molecule has 0 aliphatic heterocycles. The largest absolute Gasteiger partial charge is 0.337 e. The fourth-order valence-corrected chi connectivity index (χ4v) is 1.91. The smallest absolute Gasteiger partial charge is 0.247 e. The molecule has 0 saturated carbocycles. The molecule has 19 heavy (non-hydrogen) atoms. The summed E-state index contributed by atoms with van der Waals surface area (Å²) in [4.78, 5) is 36.7. The molecule has 1 aromatic rings. The second kappa shape index (κ2) is 5.42. The van der Waals surface area contributed by atoms with Crippen LogP contribution >= 0.6 is 0 Å². The van der Waals surface area contributed by atoms with E-state index in [1.54, 1.807) is 20.8 Å². The minimum atomic E-state index is -0.680. The van der Waals surface area contributed by atoms with Crippen LogP contribution in [0.5, 0.6) is 0 Å². The van der Waals surface area contributed by atoms with Gasteiger partial charge in [0, 0.05) is 12.1 Å². The summed E-state index contributed by atoms with van der Waals surface area (Å²) < 4.78 is 3.26. The fraction of sp³-hybridized carbons (Fsp3) is 0.615. The Morgan fingerprint density at radius 1 is 1.05 bits per heavy atom. The SMILES string of the molecule is C=CCn1c(=O)n(CCC)c(=O)n(C(C)(C)C)c1=O. The molecule has 0 radical (unpaired) electrons. The molecule has 0 bridgehead atoms. The Labute approximate surface area is 111 Å². The van der Waals surface area contributed by atoms with E-state index >= 15 is 0 Å². The Bertz CT molecular complexity index is 641. The highest BCUT2D eigenvalue weighted by Crippen LogP contribution is 2.06. The van der Waals surface area contributed by atoms with Gasteiger partial charge in [0.1, 0.15) is 0 Å². The van der Waals surface area contributed by atoms with Crippen molar-refractivity contribution >= 4 is 0 Å². The van der Waals surface area contributed by atoms with Crippen molar-refractivity contribution < 1.29 is 0 Å². The van der Waals surface area contributed by atoms with E-state index in [2.05, 4.69) is 6.58 Å². The van der Waals surface area contributed by atoms with Gasteiger partial charge in [0.25, 0.3) is 0 Å². The molecule has 1 rings (SSSR count). The van der Waals surface area contributed by atoms with E-state index in [0.29, 0.717) is 13.0 Å². The Morgan fingerprint density at radius 2 is 1.58 bits per heavy atom. The van der Waals surface area contributed by atoms with Crippen molar-refractivity contribution in [2.24, 2.45) is 0 Å². The molecular weight excluding hydrogens is 246 g/mol. The first-order valence-corrected chi connectivity index (χ1v) is 6.33. The van der Waals surface area contributed by atoms with E-state index in [1.807, 2.05) is 6.92 Å². The van der Waals surface area contributed by atoms with Crippen molar-refractivity contribution in [3.05, 3.63) is 44.1 Å². The van der Waals surface area contributed by atoms with E-state index in [0.717, 1.165) is 13.7 Å². The summed E-state index contributed by atoms with van der Waals surface area (Å²) in [6.45, 7) is 11.1. The monoisotopic (exact) mass is 267 g/mol. The zero-order chi connectivity index (χ0) is 14.8. The van der Waals surface area contributed by atoms with Crippen LogP contribution in [0.2, 0.25) is 0 Å². The molecule has 6 nitrogen and oxygen atoms in total. The highest BCUT2D eigenvalue weighted by molar-refractivity contribution is 4.87. The van der Waals surface area contributed by atoms with E-state index in [9.17, 15) is 14.4 Å². The average molecular weight is 267 g/mol. The summed E-state index contributed by atoms with van der Waals surface area (Å²) >= 11 is 0. The quantitative estimate of drug-likeness (QED) is 0.747. The third kappa shape index (κ3) is 2.77. The van der Waals surface area contributed by atoms with Gasteiger partial charge in [0.2, 0.25) is 0 Å². The Kier molecular flexibility index (Phi) is 4.34. The van der Waals surface area contributed by atoms with Gasteiger partial charge in [0.05, 0.1) is 6.54 Å². The number of hydrogen-bond acceptors (Lipinski definition) is 3. The molecule has 0 saturated heterocycles. The normalized spacial score (nSPS) is 11.6. The maximum atomic E-state index is 12.3. The summed E-state index contributed by atoms with van der Waals surface area (Å²) in [5.41, 5.74) is -2.39. The van der Waals surface area contributed by atoms with Crippen molar-refractivity contribution in [1.29, 1.82) is 0 Å². The Hall–Kier alpha value is -1.85. The molecule has 0 aromatic carbocycles. The topological polar surface area (TPSA) is 66.0 Å². The Morgan fingerprint density at radius 3 is 2.00 bits per heavy atom. The molecule has 0 atom stereocenters. The number of hydrogen-bond donors (Lipinski definition) is 0. The number of allylic oxidation sites excluding steroid dienone is 1. The molecule has 0 fully saturated rings. The van der Waals surface area contributed by atoms with Crippen LogP contribution in [0.3, 0.4) is 0 Å². The van der Waals surface area contributed by atoms with Crippen LogP contribution in [-0.2, 0) is 18.6 Å². The predicted molar refractivity (Wildman–Crippen MR) is 74.7 cm³/mol. The minimum absolute atomic E-state index is 0.0950. The standard InChI is InChI=1S/C13H21N3O3/c1-6-8-14-10(17)15(9-7-2)12(19)16(11(14)18)13(3,4)5/h6H,1,7-9H2,2-5H3. The van der Waals surface area contributed by atoms with Crippen LogP contribution in [0.1, 0.15) is 34.1 Å². The van der Waals surface area contributed by atoms with Crippen LogP contribution in [0.25, 0.3) is 0 Å². The second-order valence-corrected chi connectivity index (χ2v) is 5.40. The lowest BCUT2D eigenvalue weighted by molar-refractivity contribution is 0.322. The van der Waals surface area contributed by atoms with Crippen LogP contribution in [0.4, 0.5) is 0 Å². The third-order valence-electron chi connectivity index (χ3n) is 2.74. The Balaban J connectivity index is 3.85. The fourth-order valence-electron chi connectivity index (χ4n) is 1.91. The van der Waals surface area contributed by atoms with Crippen molar-refractivity contribution in [3.8, 4) is 0 Å². The molecule has 1 heterocycles. The molecule has 1 aromatic heterocycles. The highest BCUT2D eigenvalue weighted by Gasteiger charge is 2.23. The first kappa shape index (κ1) is 15.2. The summed E-state index contributed by atoms with van der Waals surface area (Å²) in [6.07, 6.45) is 2.11. The number of rotatable bonds is 4. The zero-order valence-corrected chi connectivity index (χ0v) is 12.0. The minimum Gasteiger partial charge on any atom is -0.247 e. The van der Waals surface area contributed by atoms with Gasteiger partial charge in [-0.25, -0.2) is 28.1 Å². The zero-order valence-electron chi connectivity index (χ0n) is 12.0. The van der Waals surface area contributed by atoms with Crippen molar-refractivity contribution in [2.45, 2.75) is 52.7 Å². The van der Waals surface area contributed by atoms with Crippen LogP contribution in [0, 0.1) is 0 Å². The van der Waals surface area contributed by atoms with Gasteiger partial charge in [-0.15, -0.1) is 6.58 Å². The van der Waals surface area contributed by atoms with Crippen molar-refractivity contribution in [1.82, 2.24) is 13.7 Å². The van der Waals surface area contributed by atoms with E-state index in [-0.39, 0.29) is 6.54 Å². The van der Waals surface area contributed by atoms with Gasteiger partial charge in [-0.05, 0) is 27.2 Å². The highest BCUT2D eigenvalue weighted by atomic mass is 16.2. The van der Waals surface area contributed by atoms with Gasteiger partial charge in [-0.2, -0.15) is 0 Å². The van der Waals surface area contributed by atoms with Crippen LogP contribution < -0.4 is 17.1 Å².